The van der Waals surface area contributed by atoms with E-state index in [1.165, 1.54) is 12.8 Å². The molecule has 0 amide bonds. The van der Waals surface area contributed by atoms with Crippen LogP contribution in [0.3, 0.4) is 0 Å². The first kappa shape index (κ1) is 19.6. The molecule has 25 heavy (non-hydrogen) atoms. The Bertz CT molecular complexity index is 600. The van der Waals surface area contributed by atoms with Crippen molar-refractivity contribution in [2.45, 2.75) is 52.1 Å². The molecule has 2 aromatic rings. The zero-order valence-corrected chi connectivity index (χ0v) is 15.9. The molecule has 4 nitrogen and oxygen atoms in total. The van der Waals surface area contributed by atoms with Gasteiger partial charge in [-0.3, -0.25) is 4.52 Å². The lowest BCUT2D eigenvalue weighted by atomic mass is 10.1. The van der Waals surface area contributed by atoms with Gasteiger partial charge in [0.2, 0.25) is 0 Å². The normalized spacial score (nSPS) is 12.6. The van der Waals surface area contributed by atoms with Crippen molar-refractivity contribution in [1.82, 2.24) is 0 Å². The Kier molecular flexibility index (Phi) is 8.03. The molecule has 0 radical (unpaired) electrons. The van der Waals surface area contributed by atoms with Crippen LogP contribution in [0.25, 0.3) is 0 Å². The molecule has 0 fully saturated rings. The first-order valence-electron chi connectivity index (χ1n) is 8.89. The van der Waals surface area contributed by atoms with Crippen LogP contribution in [0.15, 0.2) is 60.7 Å². The number of para-hydroxylation sites is 2. The summed E-state index contributed by atoms with van der Waals surface area (Å²) in [4.78, 5) is 0. The van der Waals surface area contributed by atoms with Crippen LogP contribution in [0.2, 0.25) is 0 Å². The first-order valence-corrected chi connectivity index (χ1v) is 10.3. The molecule has 0 aromatic heterocycles. The van der Waals surface area contributed by atoms with Gasteiger partial charge in [-0.15, -0.1) is 0 Å². The van der Waals surface area contributed by atoms with Gasteiger partial charge in [-0.05, 0) is 37.6 Å². The second-order valence-corrected chi connectivity index (χ2v) is 7.49. The van der Waals surface area contributed by atoms with Crippen LogP contribution in [-0.4, -0.2) is 6.10 Å². The van der Waals surface area contributed by atoms with Gasteiger partial charge in [-0.2, -0.15) is 0 Å². The van der Waals surface area contributed by atoms with Gasteiger partial charge in [0.05, 0.1) is 6.10 Å². The van der Waals surface area contributed by atoms with Gasteiger partial charge in [0.25, 0.3) is 0 Å². The summed E-state index contributed by atoms with van der Waals surface area (Å²) in [5.74, 6) is 0.917. The largest absolute Gasteiger partial charge is 0.587 e. The van der Waals surface area contributed by atoms with Crippen molar-refractivity contribution < 1.29 is 18.1 Å². The Morgan fingerprint density at radius 1 is 0.840 bits per heavy atom. The second kappa shape index (κ2) is 10.3. The molecule has 5 heteroatoms. The SMILES string of the molecule is CCCCCCC(C)OP(=O)(Oc1ccccc1)Oc1ccccc1. The number of unbranched alkanes of at least 4 members (excludes halogenated alkanes) is 3. The molecule has 0 heterocycles. The fourth-order valence-corrected chi connectivity index (χ4v) is 3.84. The van der Waals surface area contributed by atoms with Gasteiger partial charge < -0.3 is 9.05 Å². The van der Waals surface area contributed by atoms with Crippen LogP contribution >= 0.6 is 7.82 Å². The van der Waals surface area contributed by atoms with E-state index in [2.05, 4.69) is 6.92 Å². The summed E-state index contributed by atoms with van der Waals surface area (Å²) in [5, 5.41) is 0. The zero-order valence-electron chi connectivity index (χ0n) is 15.0. The Morgan fingerprint density at radius 3 is 1.84 bits per heavy atom. The van der Waals surface area contributed by atoms with Gasteiger partial charge in [-0.1, -0.05) is 69.0 Å². The summed E-state index contributed by atoms with van der Waals surface area (Å²) < 4.78 is 30.2. The van der Waals surface area contributed by atoms with Crippen LogP contribution in [-0.2, 0) is 9.09 Å². The molecular weight excluding hydrogens is 335 g/mol. The van der Waals surface area contributed by atoms with Crippen molar-refractivity contribution in [3.05, 3.63) is 60.7 Å². The zero-order chi connectivity index (χ0) is 18.0. The minimum Gasteiger partial charge on any atom is -0.395 e. The number of hydrogen-bond donors (Lipinski definition) is 0. The van der Waals surface area contributed by atoms with Gasteiger partial charge in [0.1, 0.15) is 11.5 Å². The number of benzene rings is 2. The average Bonchev–Trinajstić information content (AvgIpc) is 2.60. The smallest absolute Gasteiger partial charge is 0.395 e. The molecule has 2 aromatic carbocycles. The van der Waals surface area contributed by atoms with E-state index in [4.69, 9.17) is 13.6 Å². The third-order valence-corrected chi connectivity index (χ3v) is 5.18. The van der Waals surface area contributed by atoms with Crippen LogP contribution in [0, 0.1) is 0 Å². The summed E-state index contributed by atoms with van der Waals surface area (Å²) in [7, 11) is -3.77. The lowest BCUT2D eigenvalue weighted by molar-refractivity contribution is 0.145. The standard InChI is InChI=1S/C20H27O4P/c1-3-4-5-8-13-18(2)22-25(21,23-19-14-9-6-10-15-19)24-20-16-11-7-12-17-20/h6-7,9-12,14-18H,3-5,8,13H2,1-2H3. The first-order chi connectivity index (χ1) is 12.1. The Hall–Kier alpha value is -1.77. The molecule has 1 unspecified atom stereocenters. The van der Waals surface area contributed by atoms with E-state index in [-0.39, 0.29) is 6.10 Å². The lowest BCUT2D eigenvalue weighted by Gasteiger charge is -2.22. The lowest BCUT2D eigenvalue weighted by Crippen LogP contribution is -2.13. The van der Waals surface area contributed by atoms with E-state index in [9.17, 15) is 4.57 Å². The van der Waals surface area contributed by atoms with E-state index in [0.29, 0.717) is 11.5 Å². The molecule has 0 aliphatic heterocycles. The Morgan fingerprint density at radius 2 is 1.36 bits per heavy atom. The van der Waals surface area contributed by atoms with Crippen molar-refractivity contribution in [3.63, 3.8) is 0 Å². The van der Waals surface area contributed by atoms with Crippen LogP contribution in [0.1, 0.15) is 46.0 Å². The predicted molar refractivity (Wildman–Crippen MR) is 101 cm³/mol. The van der Waals surface area contributed by atoms with Crippen LogP contribution in [0.4, 0.5) is 0 Å². The second-order valence-electron chi connectivity index (χ2n) is 6.02. The van der Waals surface area contributed by atoms with Gasteiger partial charge >= 0.3 is 7.82 Å². The monoisotopic (exact) mass is 362 g/mol. The van der Waals surface area contributed by atoms with Crippen molar-refractivity contribution in [2.75, 3.05) is 0 Å². The Balaban J connectivity index is 2.04. The maximum Gasteiger partial charge on any atom is 0.587 e. The van der Waals surface area contributed by atoms with Crippen molar-refractivity contribution in [2.24, 2.45) is 0 Å². The maximum atomic E-state index is 13.2. The van der Waals surface area contributed by atoms with Crippen molar-refractivity contribution in [1.29, 1.82) is 0 Å². The van der Waals surface area contributed by atoms with E-state index >= 15 is 0 Å². The summed E-state index contributed by atoms with van der Waals surface area (Å²) in [6.07, 6.45) is 5.17. The molecule has 0 saturated heterocycles. The van der Waals surface area contributed by atoms with E-state index in [1.807, 2.05) is 43.3 Å². The quantitative estimate of drug-likeness (QED) is 0.332. The van der Waals surface area contributed by atoms with Gasteiger partial charge in [-0.25, -0.2) is 4.57 Å². The van der Waals surface area contributed by atoms with E-state index < -0.39 is 7.82 Å². The summed E-state index contributed by atoms with van der Waals surface area (Å²) in [5.41, 5.74) is 0. The summed E-state index contributed by atoms with van der Waals surface area (Å²) in [6, 6.07) is 17.9. The predicted octanol–water partition coefficient (Wildman–Crippen LogP) is 6.63. The highest BCUT2D eigenvalue weighted by Crippen LogP contribution is 2.50. The molecule has 0 aliphatic rings. The fourth-order valence-electron chi connectivity index (χ4n) is 2.41. The molecule has 0 saturated carbocycles. The van der Waals surface area contributed by atoms with Gasteiger partial charge in [0, 0.05) is 0 Å². The van der Waals surface area contributed by atoms with Crippen LogP contribution < -0.4 is 9.05 Å². The minimum atomic E-state index is -3.77. The average molecular weight is 362 g/mol. The molecule has 0 bridgehead atoms. The number of phosphoric ester groups is 1. The number of phosphoric acid groups is 1. The fraction of sp³-hybridized carbons (Fsp3) is 0.400. The number of rotatable bonds is 11. The molecule has 0 spiro atoms. The molecule has 0 N–H and O–H groups in total. The van der Waals surface area contributed by atoms with E-state index in [0.717, 1.165) is 19.3 Å². The highest BCUT2D eigenvalue weighted by Gasteiger charge is 2.33. The minimum absolute atomic E-state index is 0.213. The molecular formula is C20H27O4P. The third kappa shape index (κ3) is 7.33. The highest BCUT2D eigenvalue weighted by molar-refractivity contribution is 7.49. The topological polar surface area (TPSA) is 44.8 Å². The molecule has 1 atom stereocenters. The summed E-state index contributed by atoms with van der Waals surface area (Å²) in [6.45, 7) is 4.08. The molecule has 136 valence electrons. The van der Waals surface area contributed by atoms with E-state index in [1.54, 1.807) is 24.3 Å². The van der Waals surface area contributed by atoms with Crippen LogP contribution in [0.5, 0.6) is 11.5 Å². The summed E-state index contributed by atoms with van der Waals surface area (Å²) >= 11 is 0. The maximum absolute atomic E-state index is 13.2. The van der Waals surface area contributed by atoms with Crippen molar-refractivity contribution >= 4 is 7.82 Å². The number of hydrogen-bond acceptors (Lipinski definition) is 4. The highest BCUT2D eigenvalue weighted by atomic mass is 31.2. The van der Waals surface area contributed by atoms with Crippen molar-refractivity contribution in [3.8, 4) is 11.5 Å². The third-order valence-electron chi connectivity index (χ3n) is 3.69. The van der Waals surface area contributed by atoms with Gasteiger partial charge in [0.15, 0.2) is 0 Å². The molecule has 2 rings (SSSR count). The Labute approximate surface area is 150 Å². The molecule has 0 aliphatic carbocycles.